The van der Waals surface area contributed by atoms with Crippen LogP contribution in [0, 0.1) is 0 Å². The third kappa shape index (κ3) is 1.31. The predicted octanol–water partition coefficient (Wildman–Crippen LogP) is 0.0470. The summed E-state index contributed by atoms with van der Waals surface area (Å²) in [6.45, 7) is 4.06. The molecule has 2 N–H and O–H groups in total. The molecule has 1 aliphatic heterocycles. The third-order valence-corrected chi connectivity index (χ3v) is 1.55. The summed E-state index contributed by atoms with van der Waals surface area (Å²) in [6.07, 6.45) is 0. The molecule has 0 aromatic heterocycles. The van der Waals surface area contributed by atoms with Crippen molar-refractivity contribution in [2.45, 2.75) is 19.5 Å². The number of nitrogens with zero attached hydrogens (tertiary/aromatic N) is 1. The van der Waals surface area contributed by atoms with Crippen LogP contribution in [0.1, 0.15) is 13.8 Å². The highest BCUT2D eigenvalue weighted by Crippen LogP contribution is 2.04. The maximum Gasteiger partial charge on any atom is 0.184 e. The highest BCUT2D eigenvalue weighted by Gasteiger charge is 2.28. The summed E-state index contributed by atoms with van der Waals surface area (Å²) in [5, 5.41) is 5.64. The number of rotatable bonds is 0. The van der Waals surface area contributed by atoms with Crippen molar-refractivity contribution < 1.29 is 0 Å². The smallest absolute Gasteiger partial charge is 0.184 e. The molecule has 0 aromatic rings. The lowest BCUT2D eigenvalue weighted by atomic mass is 10.3. The van der Waals surface area contributed by atoms with Gasteiger partial charge in [0.1, 0.15) is 5.66 Å². The Morgan fingerprint density at radius 1 is 1.56 bits per heavy atom. The monoisotopic (exact) mass is 145 g/mol. The molecule has 0 amide bonds. The van der Waals surface area contributed by atoms with E-state index in [1.54, 1.807) is 5.01 Å². The summed E-state index contributed by atoms with van der Waals surface area (Å²) in [7, 11) is 1.89. The largest absolute Gasteiger partial charge is 0.343 e. The first kappa shape index (κ1) is 6.77. The van der Waals surface area contributed by atoms with Gasteiger partial charge in [-0.25, -0.2) is 5.43 Å². The SMILES string of the molecule is CN1NC(C)(C)NC1=S. The summed E-state index contributed by atoms with van der Waals surface area (Å²) in [5.74, 6) is 0. The molecule has 3 nitrogen and oxygen atoms in total. The van der Waals surface area contributed by atoms with E-state index in [9.17, 15) is 0 Å². The molecule has 1 fully saturated rings. The number of hydrogen-bond acceptors (Lipinski definition) is 2. The first-order valence-corrected chi connectivity index (χ1v) is 3.26. The van der Waals surface area contributed by atoms with Gasteiger partial charge < -0.3 is 5.32 Å². The molecule has 0 bridgehead atoms. The minimum Gasteiger partial charge on any atom is -0.343 e. The zero-order valence-corrected chi connectivity index (χ0v) is 6.67. The van der Waals surface area contributed by atoms with Gasteiger partial charge in [0, 0.05) is 7.05 Å². The van der Waals surface area contributed by atoms with Crippen molar-refractivity contribution in [2.24, 2.45) is 0 Å². The zero-order valence-electron chi connectivity index (χ0n) is 5.86. The fourth-order valence-electron chi connectivity index (χ4n) is 0.849. The molecule has 0 spiro atoms. The van der Waals surface area contributed by atoms with E-state index in [0.29, 0.717) is 0 Å². The topological polar surface area (TPSA) is 27.3 Å². The quantitative estimate of drug-likeness (QED) is 0.471. The van der Waals surface area contributed by atoms with Crippen molar-refractivity contribution in [1.82, 2.24) is 15.8 Å². The van der Waals surface area contributed by atoms with E-state index in [-0.39, 0.29) is 5.66 Å². The molecule has 0 unspecified atom stereocenters. The van der Waals surface area contributed by atoms with Crippen molar-refractivity contribution in [2.75, 3.05) is 7.05 Å². The number of hydrogen-bond donors (Lipinski definition) is 2. The fraction of sp³-hybridized carbons (Fsp3) is 0.800. The molecule has 0 atom stereocenters. The molecule has 52 valence electrons. The Bertz CT molecular complexity index is 143. The molecule has 1 aliphatic rings. The van der Waals surface area contributed by atoms with Crippen LogP contribution in [0.25, 0.3) is 0 Å². The molecule has 0 aliphatic carbocycles. The van der Waals surface area contributed by atoms with Gasteiger partial charge in [-0.15, -0.1) is 0 Å². The summed E-state index contributed by atoms with van der Waals surface area (Å²) in [6, 6.07) is 0. The van der Waals surface area contributed by atoms with Crippen LogP contribution in [0.4, 0.5) is 0 Å². The van der Waals surface area contributed by atoms with E-state index in [4.69, 9.17) is 12.2 Å². The number of hydrazine groups is 1. The van der Waals surface area contributed by atoms with Crippen molar-refractivity contribution in [1.29, 1.82) is 0 Å². The maximum absolute atomic E-state index is 4.94. The first-order valence-electron chi connectivity index (χ1n) is 2.85. The molecular weight excluding hydrogens is 134 g/mol. The molecule has 1 heterocycles. The van der Waals surface area contributed by atoms with Crippen LogP contribution in [0.3, 0.4) is 0 Å². The van der Waals surface area contributed by atoms with E-state index in [1.807, 2.05) is 20.9 Å². The molecule has 0 radical (unpaired) electrons. The first-order chi connectivity index (χ1) is 4.01. The summed E-state index contributed by atoms with van der Waals surface area (Å²) >= 11 is 4.94. The summed E-state index contributed by atoms with van der Waals surface area (Å²) < 4.78 is 0. The second-order valence-electron chi connectivity index (χ2n) is 2.73. The summed E-state index contributed by atoms with van der Waals surface area (Å²) in [4.78, 5) is 0. The molecule has 1 rings (SSSR count). The summed E-state index contributed by atoms with van der Waals surface area (Å²) in [5.41, 5.74) is 3.05. The third-order valence-electron chi connectivity index (χ3n) is 1.17. The number of thiocarbonyl (C=S) groups is 1. The minimum absolute atomic E-state index is 0.0775. The van der Waals surface area contributed by atoms with E-state index in [1.165, 1.54) is 0 Å². The van der Waals surface area contributed by atoms with Crippen molar-refractivity contribution in [3.63, 3.8) is 0 Å². The Morgan fingerprint density at radius 3 is 2.22 bits per heavy atom. The molecule has 1 saturated heterocycles. The molecule has 0 saturated carbocycles. The van der Waals surface area contributed by atoms with Crippen molar-refractivity contribution in [3.05, 3.63) is 0 Å². The molecule has 0 aromatic carbocycles. The van der Waals surface area contributed by atoms with Crippen LogP contribution < -0.4 is 10.7 Å². The van der Waals surface area contributed by atoms with E-state index < -0.39 is 0 Å². The highest BCUT2D eigenvalue weighted by atomic mass is 32.1. The lowest BCUT2D eigenvalue weighted by molar-refractivity contribution is 0.284. The highest BCUT2D eigenvalue weighted by molar-refractivity contribution is 7.80. The van der Waals surface area contributed by atoms with Crippen molar-refractivity contribution in [3.8, 4) is 0 Å². The second kappa shape index (κ2) is 1.82. The Kier molecular flexibility index (Phi) is 1.36. The van der Waals surface area contributed by atoms with Gasteiger partial charge in [0.2, 0.25) is 0 Å². The minimum atomic E-state index is -0.0775. The predicted molar refractivity (Wildman–Crippen MR) is 40.7 cm³/mol. The van der Waals surface area contributed by atoms with Crippen LogP contribution in [-0.2, 0) is 0 Å². The van der Waals surface area contributed by atoms with Gasteiger partial charge in [0.15, 0.2) is 5.11 Å². The standard InChI is InChI=1S/C5H11N3S/c1-5(2)6-4(9)8(3)7-5/h7H,1-3H3,(H,6,9). The van der Waals surface area contributed by atoms with Gasteiger partial charge in [-0.3, -0.25) is 5.01 Å². The number of nitrogens with one attached hydrogen (secondary N) is 2. The van der Waals surface area contributed by atoms with Crippen molar-refractivity contribution >= 4 is 17.3 Å². The Hall–Kier alpha value is -0.350. The second-order valence-corrected chi connectivity index (χ2v) is 3.11. The van der Waals surface area contributed by atoms with E-state index in [2.05, 4.69) is 10.7 Å². The van der Waals surface area contributed by atoms with Crippen LogP contribution in [0.15, 0.2) is 0 Å². The normalized spacial score (nSPS) is 24.3. The Morgan fingerprint density at radius 2 is 2.11 bits per heavy atom. The molecular formula is C5H11N3S. The van der Waals surface area contributed by atoms with E-state index in [0.717, 1.165) is 5.11 Å². The molecule has 4 heteroatoms. The van der Waals surface area contributed by atoms with Gasteiger partial charge in [-0.05, 0) is 26.1 Å². The van der Waals surface area contributed by atoms with Crippen LogP contribution in [0.2, 0.25) is 0 Å². The average molecular weight is 145 g/mol. The fourth-order valence-corrected chi connectivity index (χ4v) is 1.15. The van der Waals surface area contributed by atoms with Gasteiger partial charge >= 0.3 is 0 Å². The lowest BCUT2D eigenvalue weighted by Gasteiger charge is -2.17. The maximum atomic E-state index is 4.94. The van der Waals surface area contributed by atoms with Crippen LogP contribution in [-0.4, -0.2) is 22.8 Å². The average Bonchev–Trinajstić information content (AvgIpc) is 1.79. The Labute approximate surface area is 60.4 Å². The van der Waals surface area contributed by atoms with Crippen LogP contribution >= 0.6 is 12.2 Å². The van der Waals surface area contributed by atoms with Gasteiger partial charge in [0.05, 0.1) is 0 Å². The molecule has 9 heavy (non-hydrogen) atoms. The van der Waals surface area contributed by atoms with Gasteiger partial charge in [-0.2, -0.15) is 0 Å². The van der Waals surface area contributed by atoms with Gasteiger partial charge in [-0.1, -0.05) is 0 Å². The lowest BCUT2D eigenvalue weighted by Crippen LogP contribution is -2.44. The van der Waals surface area contributed by atoms with E-state index >= 15 is 0 Å². The van der Waals surface area contributed by atoms with Crippen LogP contribution in [0.5, 0.6) is 0 Å². The Balaban J connectivity index is 2.65. The van der Waals surface area contributed by atoms with Gasteiger partial charge in [0.25, 0.3) is 0 Å². The zero-order chi connectivity index (χ0) is 7.07.